The van der Waals surface area contributed by atoms with E-state index in [9.17, 15) is 0 Å². The lowest BCUT2D eigenvalue weighted by atomic mass is 9.79. The quantitative estimate of drug-likeness (QED) is 0.855. The molecule has 21 heavy (non-hydrogen) atoms. The molecule has 1 fully saturated rings. The largest absolute Gasteiger partial charge is 0.493 e. The maximum absolute atomic E-state index is 5.48. The Labute approximate surface area is 127 Å². The van der Waals surface area contributed by atoms with Crippen molar-refractivity contribution in [1.82, 2.24) is 5.32 Å². The van der Waals surface area contributed by atoms with Gasteiger partial charge in [-0.1, -0.05) is 18.9 Å². The van der Waals surface area contributed by atoms with Crippen molar-refractivity contribution >= 4 is 0 Å². The first-order valence-electron chi connectivity index (χ1n) is 7.85. The third-order valence-electron chi connectivity index (χ3n) is 4.99. The molecular weight excluding hydrogens is 262 g/mol. The maximum Gasteiger partial charge on any atom is 0.161 e. The van der Waals surface area contributed by atoms with Gasteiger partial charge in [0.05, 0.1) is 14.2 Å². The molecule has 2 aliphatic rings. The van der Waals surface area contributed by atoms with E-state index < -0.39 is 0 Å². The number of nitrogens with one attached hydrogen (secondary N) is 1. The molecule has 1 saturated carbocycles. The molecule has 1 aliphatic heterocycles. The fourth-order valence-corrected chi connectivity index (χ4v) is 4.00. The predicted octanol–water partition coefficient (Wildman–Crippen LogP) is 3.78. The zero-order chi connectivity index (χ0) is 14.9. The van der Waals surface area contributed by atoms with Gasteiger partial charge in [-0.3, -0.25) is 0 Å². The van der Waals surface area contributed by atoms with Crippen molar-refractivity contribution in [3.8, 4) is 11.5 Å². The average molecular weight is 287 g/mol. The van der Waals surface area contributed by atoms with Crippen LogP contribution in [0.15, 0.2) is 24.8 Å². The van der Waals surface area contributed by atoms with Gasteiger partial charge in [0, 0.05) is 11.6 Å². The van der Waals surface area contributed by atoms with Gasteiger partial charge in [0.2, 0.25) is 0 Å². The molecule has 3 nitrogen and oxygen atoms in total. The Morgan fingerprint density at radius 1 is 1.24 bits per heavy atom. The Hall–Kier alpha value is -1.48. The van der Waals surface area contributed by atoms with Crippen LogP contribution in [-0.2, 0) is 6.42 Å². The van der Waals surface area contributed by atoms with E-state index in [0.29, 0.717) is 6.04 Å². The zero-order valence-electron chi connectivity index (χ0n) is 13.1. The summed E-state index contributed by atoms with van der Waals surface area (Å²) in [5.74, 6) is 1.65. The molecule has 1 atom stereocenters. The molecule has 3 heteroatoms. The molecule has 1 unspecified atom stereocenters. The predicted molar refractivity (Wildman–Crippen MR) is 85.1 cm³/mol. The van der Waals surface area contributed by atoms with E-state index in [0.717, 1.165) is 24.3 Å². The minimum atomic E-state index is 0.278. The summed E-state index contributed by atoms with van der Waals surface area (Å²) < 4.78 is 11.0. The van der Waals surface area contributed by atoms with Crippen molar-refractivity contribution in [1.29, 1.82) is 0 Å². The standard InChI is InChI=1S/C18H25NO2/c1-4-7-15-14-11-17(21-3)16(20-2)10-13(14)12-18(19-15)8-5-6-9-18/h4,10-11,15,19H,1,5-9,12H2,2-3H3. The lowest BCUT2D eigenvalue weighted by Gasteiger charge is -2.41. The van der Waals surface area contributed by atoms with Crippen molar-refractivity contribution in [2.24, 2.45) is 0 Å². The van der Waals surface area contributed by atoms with E-state index >= 15 is 0 Å². The van der Waals surface area contributed by atoms with Crippen molar-refractivity contribution in [2.45, 2.75) is 50.1 Å². The van der Waals surface area contributed by atoms with Gasteiger partial charge in [0.15, 0.2) is 11.5 Å². The maximum atomic E-state index is 5.48. The zero-order valence-corrected chi connectivity index (χ0v) is 13.1. The number of hydrogen-bond acceptors (Lipinski definition) is 3. The summed E-state index contributed by atoms with van der Waals surface area (Å²) in [6.45, 7) is 3.92. The molecule has 1 N–H and O–H groups in total. The molecule has 1 heterocycles. The second-order valence-corrected chi connectivity index (χ2v) is 6.29. The van der Waals surface area contributed by atoms with E-state index in [1.54, 1.807) is 14.2 Å². The summed E-state index contributed by atoms with van der Waals surface area (Å²) in [6, 6.07) is 4.65. The smallest absolute Gasteiger partial charge is 0.161 e. The summed E-state index contributed by atoms with van der Waals surface area (Å²) in [4.78, 5) is 0. The molecular formula is C18H25NO2. The van der Waals surface area contributed by atoms with Crippen LogP contribution in [0, 0.1) is 0 Å². The Morgan fingerprint density at radius 2 is 1.90 bits per heavy atom. The summed E-state index contributed by atoms with van der Waals surface area (Å²) in [7, 11) is 3.40. The number of hydrogen-bond donors (Lipinski definition) is 1. The first-order chi connectivity index (χ1) is 10.2. The number of rotatable bonds is 4. The Bertz CT molecular complexity index is 532. The van der Waals surface area contributed by atoms with Crippen LogP contribution in [0.2, 0.25) is 0 Å². The van der Waals surface area contributed by atoms with Crippen LogP contribution in [0.4, 0.5) is 0 Å². The molecule has 0 amide bonds. The Kier molecular flexibility index (Phi) is 3.94. The molecule has 1 spiro atoms. The van der Waals surface area contributed by atoms with Crippen LogP contribution in [0.3, 0.4) is 0 Å². The SMILES string of the molecule is C=CCC1NC2(CCCC2)Cc2cc(OC)c(OC)cc21. The van der Waals surface area contributed by atoms with Gasteiger partial charge in [-0.25, -0.2) is 0 Å². The van der Waals surface area contributed by atoms with Crippen LogP contribution >= 0.6 is 0 Å². The van der Waals surface area contributed by atoms with Gasteiger partial charge in [-0.2, -0.15) is 0 Å². The Morgan fingerprint density at radius 3 is 2.52 bits per heavy atom. The minimum Gasteiger partial charge on any atom is -0.493 e. The third-order valence-corrected chi connectivity index (χ3v) is 4.99. The highest BCUT2D eigenvalue weighted by molar-refractivity contribution is 5.50. The molecule has 3 rings (SSSR count). The van der Waals surface area contributed by atoms with Gasteiger partial charge in [0.1, 0.15) is 0 Å². The number of methoxy groups -OCH3 is 2. The lowest BCUT2D eigenvalue weighted by Crippen LogP contribution is -2.50. The van der Waals surface area contributed by atoms with Crippen molar-refractivity contribution in [2.75, 3.05) is 14.2 Å². The normalized spacial score (nSPS) is 22.9. The third kappa shape index (κ3) is 2.55. The molecule has 1 aliphatic carbocycles. The second-order valence-electron chi connectivity index (χ2n) is 6.29. The van der Waals surface area contributed by atoms with Gasteiger partial charge in [-0.15, -0.1) is 6.58 Å². The summed E-state index contributed by atoms with van der Waals surface area (Å²) in [5.41, 5.74) is 3.02. The fourth-order valence-electron chi connectivity index (χ4n) is 4.00. The highest BCUT2D eigenvalue weighted by atomic mass is 16.5. The highest BCUT2D eigenvalue weighted by Crippen LogP contribution is 2.44. The molecule has 1 aromatic carbocycles. The molecule has 0 radical (unpaired) electrons. The summed E-state index contributed by atoms with van der Waals surface area (Å²) >= 11 is 0. The van der Waals surface area contributed by atoms with Crippen LogP contribution in [0.25, 0.3) is 0 Å². The van der Waals surface area contributed by atoms with Gasteiger partial charge >= 0.3 is 0 Å². The van der Waals surface area contributed by atoms with Crippen molar-refractivity contribution in [3.05, 3.63) is 35.9 Å². The molecule has 0 bridgehead atoms. The van der Waals surface area contributed by atoms with Gasteiger partial charge in [-0.05, 0) is 48.9 Å². The molecule has 0 aromatic heterocycles. The van der Waals surface area contributed by atoms with Crippen molar-refractivity contribution < 1.29 is 9.47 Å². The number of fused-ring (bicyclic) bond motifs is 1. The summed E-state index contributed by atoms with van der Waals surface area (Å²) in [5, 5.41) is 3.91. The second kappa shape index (κ2) is 5.72. The fraction of sp³-hybridized carbons (Fsp3) is 0.556. The molecule has 1 aromatic rings. The first kappa shape index (κ1) is 14.5. The van der Waals surface area contributed by atoms with Crippen LogP contribution < -0.4 is 14.8 Å². The van der Waals surface area contributed by atoms with E-state index in [2.05, 4.69) is 24.0 Å². The molecule has 0 saturated heterocycles. The van der Waals surface area contributed by atoms with Crippen LogP contribution in [0.1, 0.15) is 49.3 Å². The highest BCUT2D eigenvalue weighted by Gasteiger charge is 2.40. The molecule has 114 valence electrons. The summed E-state index contributed by atoms with van der Waals surface area (Å²) in [6.07, 6.45) is 9.25. The Balaban J connectivity index is 2.04. The monoisotopic (exact) mass is 287 g/mol. The van der Waals surface area contributed by atoms with Crippen LogP contribution in [0.5, 0.6) is 11.5 Å². The van der Waals surface area contributed by atoms with Gasteiger partial charge < -0.3 is 14.8 Å². The number of ether oxygens (including phenoxy) is 2. The lowest BCUT2D eigenvalue weighted by molar-refractivity contribution is 0.265. The van der Waals surface area contributed by atoms with Crippen LogP contribution in [-0.4, -0.2) is 19.8 Å². The van der Waals surface area contributed by atoms with E-state index in [1.807, 2.05) is 6.08 Å². The number of benzene rings is 1. The minimum absolute atomic E-state index is 0.278. The topological polar surface area (TPSA) is 30.5 Å². The van der Waals surface area contributed by atoms with Crippen molar-refractivity contribution in [3.63, 3.8) is 0 Å². The first-order valence-corrected chi connectivity index (χ1v) is 7.85. The average Bonchev–Trinajstić information content (AvgIpc) is 2.94. The van der Waals surface area contributed by atoms with Gasteiger partial charge in [0.25, 0.3) is 0 Å². The van der Waals surface area contributed by atoms with E-state index in [4.69, 9.17) is 9.47 Å². The van der Waals surface area contributed by atoms with E-state index in [1.165, 1.54) is 36.8 Å². The van der Waals surface area contributed by atoms with E-state index in [-0.39, 0.29) is 5.54 Å².